The molecule has 2 amide bonds. The van der Waals surface area contributed by atoms with Crippen molar-refractivity contribution in [3.8, 4) is 0 Å². The number of nitrogens with one attached hydrogen (secondary N) is 1. The Hall–Kier alpha value is -2.70. The molecule has 0 spiro atoms. The standard InChI is InChI=1S/C17H20FN5O/c1-22(2)16-19-10-14(11-20-16)21-17(24)23-8-4-7-15(23)12-5-3-6-13(18)9-12/h3,5-6,9-11,15H,4,7-8H2,1-2H3,(H,21,24). The molecule has 7 heteroatoms. The summed E-state index contributed by atoms with van der Waals surface area (Å²) in [5, 5.41) is 2.81. The maximum Gasteiger partial charge on any atom is 0.322 e. The summed E-state index contributed by atoms with van der Waals surface area (Å²) in [5.74, 6) is 0.291. The van der Waals surface area contributed by atoms with Crippen molar-refractivity contribution in [2.75, 3.05) is 30.9 Å². The number of carbonyl (C=O) groups is 1. The molecule has 0 radical (unpaired) electrons. The lowest BCUT2D eigenvalue weighted by Gasteiger charge is -2.25. The molecule has 1 aliphatic heterocycles. The van der Waals surface area contributed by atoms with Gasteiger partial charge in [0.15, 0.2) is 0 Å². The number of rotatable bonds is 3. The van der Waals surface area contributed by atoms with Gasteiger partial charge in [0.1, 0.15) is 5.82 Å². The Labute approximate surface area is 140 Å². The largest absolute Gasteiger partial charge is 0.347 e. The number of anilines is 2. The van der Waals surface area contributed by atoms with Crippen LogP contribution in [0.25, 0.3) is 0 Å². The van der Waals surface area contributed by atoms with E-state index in [-0.39, 0.29) is 17.9 Å². The summed E-state index contributed by atoms with van der Waals surface area (Å²) in [4.78, 5) is 24.4. The Bertz CT molecular complexity index is 719. The molecule has 1 N–H and O–H groups in total. The van der Waals surface area contributed by atoms with Crippen LogP contribution in [0.15, 0.2) is 36.7 Å². The average molecular weight is 329 g/mol. The molecule has 1 saturated heterocycles. The molecule has 1 atom stereocenters. The van der Waals surface area contributed by atoms with Gasteiger partial charge in [0, 0.05) is 20.6 Å². The van der Waals surface area contributed by atoms with Gasteiger partial charge >= 0.3 is 6.03 Å². The number of urea groups is 1. The van der Waals surface area contributed by atoms with Crippen molar-refractivity contribution < 1.29 is 9.18 Å². The summed E-state index contributed by atoms with van der Waals surface area (Å²) >= 11 is 0. The minimum atomic E-state index is -0.285. The van der Waals surface area contributed by atoms with Crippen molar-refractivity contribution in [1.29, 1.82) is 0 Å². The Morgan fingerprint density at radius 2 is 2.08 bits per heavy atom. The van der Waals surface area contributed by atoms with E-state index in [9.17, 15) is 9.18 Å². The fourth-order valence-electron chi connectivity index (χ4n) is 2.88. The van der Waals surface area contributed by atoms with Crippen molar-refractivity contribution in [1.82, 2.24) is 14.9 Å². The van der Waals surface area contributed by atoms with Crippen LogP contribution in [0, 0.1) is 5.82 Å². The molecule has 1 aromatic carbocycles. The molecule has 2 heterocycles. The Balaban J connectivity index is 1.71. The Morgan fingerprint density at radius 3 is 2.75 bits per heavy atom. The molecule has 1 aromatic heterocycles. The smallest absolute Gasteiger partial charge is 0.322 e. The highest BCUT2D eigenvalue weighted by atomic mass is 19.1. The monoisotopic (exact) mass is 329 g/mol. The van der Waals surface area contributed by atoms with Gasteiger partial charge in [0.25, 0.3) is 0 Å². The third-order valence-electron chi connectivity index (χ3n) is 4.04. The molecule has 1 aliphatic rings. The Kier molecular flexibility index (Phi) is 4.59. The molecule has 2 aromatic rings. The lowest BCUT2D eigenvalue weighted by molar-refractivity contribution is 0.207. The second kappa shape index (κ2) is 6.82. The summed E-state index contributed by atoms with van der Waals surface area (Å²) < 4.78 is 13.5. The van der Waals surface area contributed by atoms with E-state index >= 15 is 0 Å². The predicted octanol–water partition coefficient (Wildman–Crippen LogP) is 3.05. The van der Waals surface area contributed by atoms with Crippen LogP contribution in [0.3, 0.4) is 0 Å². The third kappa shape index (κ3) is 3.45. The summed E-state index contributed by atoms with van der Waals surface area (Å²) in [7, 11) is 3.70. The van der Waals surface area contributed by atoms with E-state index < -0.39 is 0 Å². The fraction of sp³-hybridized carbons (Fsp3) is 0.353. The van der Waals surface area contributed by atoms with Gasteiger partial charge in [-0.2, -0.15) is 0 Å². The van der Waals surface area contributed by atoms with Crippen LogP contribution >= 0.6 is 0 Å². The fourth-order valence-corrected chi connectivity index (χ4v) is 2.88. The van der Waals surface area contributed by atoms with Crippen LogP contribution in [0.1, 0.15) is 24.4 Å². The van der Waals surface area contributed by atoms with Gasteiger partial charge < -0.3 is 15.1 Å². The van der Waals surface area contributed by atoms with E-state index in [4.69, 9.17) is 0 Å². The van der Waals surface area contributed by atoms with E-state index in [0.29, 0.717) is 18.2 Å². The van der Waals surface area contributed by atoms with Crippen molar-refractivity contribution in [3.05, 3.63) is 48.0 Å². The number of likely N-dealkylation sites (tertiary alicyclic amines) is 1. The lowest BCUT2D eigenvalue weighted by atomic mass is 10.0. The number of carbonyl (C=O) groups excluding carboxylic acids is 1. The van der Waals surface area contributed by atoms with Crippen molar-refractivity contribution >= 4 is 17.7 Å². The predicted molar refractivity (Wildman–Crippen MR) is 90.5 cm³/mol. The first-order valence-electron chi connectivity index (χ1n) is 7.87. The van der Waals surface area contributed by atoms with Gasteiger partial charge in [-0.3, -0.25) is 0 Å². The normalized spacial score (nSPS) is 17.0. The number of aromatic nitrogens is 2. The van der Waals surface area contributed by atoms with Crippen LogP contribution in [-0.2, 0) is 0 Å². The topological polar surface area (TPSA) is 61.4 Å². The second-order valence-electron chi connectivity index (χ2n) is 6.00. The minimum absolute atomic E-state index is 0.109. The first-order valence-corrected chi connectivity index (χ1v) is 7.87. The maximum absolute atomic E-state index is 13.5. The van der Waals surface area contributed by atoms with E-state index in [1.165, 1.54) is 12.1 Å². The zero-order chi connectivity index (χ0) is 17.1. The van der Waals surface area contributed by atoms with Gasteiger partial charge in [0.2, 0.25) is 5.95 Å². The quantitative estimate of drug-likeness (QED) is 0.940. The molecule has 0 bridgehead atoms. The first-order chi connectivity index (χ1) is 11.5. The highest BCUT2D eigenvalue weighted by Gasteiger charge is 2.30. The van der Waals surface area contributed by atoms with Gasteiger partial charge in [-0.05, 0) is 30.5 Å². The number of hydrogen-bond donors (Lipinski definition) is 1. The molecule has 0 aliphatic carbocycles. The number of amides is 2. The number of benzene rings is 1. The third-order valence-corrected chi connectivity index (χ3v) is 4.04. The first kappa shape index (κ1) is 16.2. The SMILES string of the molecule is CN(C)c1ncc(NC(=O)N2CCCC2c2cccc(F)c2)cn1. The highest BCUT2D eigenvalue weighted by Crippen LogP contribution is 2.32. The number of nitrogens with zero attached hydrogens (tertiary/aromatic N) is 4. The molecule has 24 heavy (non-hydrogen) atoms. The van der Waals surface area contributed by atoms with Crippen LogP contribution < -0.4 is 10.2 Å². The molecule has 3 rings (SSSR count). The maximum atomic E-state index is 13.5. The average Bonchev–Trinajstić information content (AvgIpc) is 3.05. The van der Waals surface area contributed by atoms with Gasteiger partial charge in [-0.15, -0.1) is 0 Å². The zero-order valence-corrected chi connectivity index (χ0v) is 13.7. The van der Waals surface area contributed by atoms with E-state index in [1.54, 1.807) is 28.3 Å². The zero-order valence-electron chi connectivity index (χ0n) is 13.7. The second-order valence-corrected chi connectivity index (χ2v) is 6.00. The van der Waals surface area contributed by atoms with Crippen LogP contribution in [0.2, 0.25) is 0 Å². The van der Waals surface area contributed by atoms with Crippen molar-refractivity contribution in [2.24, 2.45) is 0 Å². The van der Waals surface area contributed by atoms with Gasteiger partial charge in [-0.25, -0.2) is 19.2 Å². The lowest BCUT2D eigenvalue weighted by Crippen LogP contribution is -2.34. The molecular formula is C17H20FN5O. The molecule has 126 valence electrons. The van der Waals surface area contributed by atoms with Crippen LogP contribution in [-0.4, -0.2) is 41.5 Å². The molecular weight excluding hydrogens is 309 g/mol. The van der Waals surface area contributed by atoms with Gasteiger partial charge in [-0.1, -0.05) is 12.1 Å². The number of halogens is 1. The van der Waals surface area contributed by atoms with Crippen LogP contribution in [0.4, 0.5) is 20.8 Å². The van der Waals surface area contributed by atoms with Crippen LogP contribution in [0.5, 0.6) is 0 Å². The molecule has 1 unspecified atom stereocenters. The van der Waals surface area contributed by atoms with E-state index in [2.05, 4.69) is 15.3 Å². The summed E-state index contributed by atoms with van der Waals surface area (Å²) in [6, 6.07) is 6.10. The summed E-state index contributed by atoms with van der Waals surface area (Å²) in [6.45, 7) is 0.643. The van der Waals surface area contributed by atoms with Gasteiger partial charge in [0.05, 0.1) is 24.1 Å². The minimum Gasteiger partial charge on any atom is -0.347 e. The molecule has 1 fully saturated rings. The molecule has 6 nitrogen and oxygen atoms in total. The highest BCUT2D eigenvalue weighted by molar-refractivity contribution is 5.89. The van der Waals surface area contributed by atoms with E-state index in [1.807, 2.05) is 20.2 Å². The van der Waals surface area contributed by atoms with Crippen molar-refractivity contribution in [2.45, 2.75) is 18.9 Å². The van der Waals surface area contributed by atoms with Crippen molar-refractivity contribution in [3.63, 3.8) is 0 Å². The Morgan fingerprint density at radius 1 is 1.33 bits per heavy atom. The number of hydrogen-bond acceptors (Lipinski definition) is 4. The molecule has 0 saturated carbocycles. The van der Waals surface area contributed by atoms with E-state index in [0.717, 1.165) is 18.4 Å². The summed E-state index contributed by atoms with van der Waals surface area (Å²) in [5.41, 5.74) is 1.36. The summed E-state index contributed by atoms with van der Waals surface area (Å²) in [6.07, 6.45) is 4.87.